The number of nitrogens with one attached hydrogen (secondary N) is 2. The Morgan fingerprint density at radius 3 is 2.70 bits per heavy atom. The van der Waals surface area contributed by atoms with Crippen molar-refractivity contribution in [1.82, 2.24) is 10.0 Å². The first-order valence-electron chi connectivity index (χ1n) is 7.00. The average molecular weight is 346 g/mol. The summed E-state index contributed by atoms with van der Waals surface area (Å²) in [5.74, 6) is -2.59. The third kappa shape index (κ3) is 4.09. The molecule has 0 saturated carbocycles. The van der Waals surface area contributed by atoms with E-state index in [0.29, 0.717) is 13.0 Å². The van der Waals surface area contributed by atoms with Gasteiger partial charge in [0.1, 0.15) is 6.04 Å². The first kappa shape index (κ1) is 17.4. The summed E-state index contributed by atoms with van der Waals surface area (Å²) < 4.78 is 35.4. The van der Waals surface area contributed by atoms with Gasteiger partial charge in [-0.05, 0) is 32.0 Å². The van der Waals surface area contributed by atoms with Crippen LogP contribution in [0.1, 0.15) is 23.4 Å². The zero-order valence-corrected chi connectivity index (χ0v) is 13.3. The van der Waals surface area contributed by atoms with Crippen LogP contribution in [0.3, 0.4) is 0 Å². The van der Waals surface area contributed by atoms with E-state index in [1.807, 2.05) is 0 Å². The van der Waals surface area contributed by atoms with Gasteiger partial charge in [0, 0.05) is 12.5 Å². The number of carbonyl (C=O) groups excluding carboxylic acids is 1. The maximum absolute atomic E-state index is 12.1. The van der Waals surface area contributed by atoms with E-state index in [0.717, 1.165) is 12.5 Å². The molecule has 0 spiro atoms. The molecule has 1 amide bonds. The van der Waals surface area contributed by atoms with Gasteiger partial charge in [-0.1, -0.05) is 0 Å². The number of carboxylic acid groups (broad SMARTS) is 1. The molecule has 10 heteroatoms. The largest absolute Gasteiger partial charge is 0.480 e. The van der Waals surface area contributed by atoms with E-state index in [1.165, 1.54) is 13.1 Å². The Hall–Kier alpha value is -1.91. The fourth-order valence-electron chi connectivity index (χ4n) is 2.31. The molecule has 1 aromatic heterocycles. The normalized spacial score (nSPS) is 20.0. The molecule has 3 N–H and O–H groups in total. The van der Waals surface area contributed by atoms with Crippen molar-refractivity contribution >= 4 is 21.9 Å². The third-order valence-electron chi connectivity index (χ3n) is 3.56. The van der Waals surface area contributed by atoms with Crippen molar-refractivity contribution in [1.29, 1.82) is 0 Å². The number of carbonyl (C=O) groups is 2. The lowest BCUT2D eigenvalue weighted by Gasteiger charge is -2.27. The Morgan fingerprint density at radius 1 is 1.39 bits per heavy atom. The number of hydrogen-bond donors (Lipinski definition) is 3. The summed E-state index contributed by atoms with van der Waals surface area (Å²) in [5.41, 5.74) is 0. The van der Waals surface area contributed by atoms with Crippen molar-refractivity contribution in [3.8, 4) is 0 Å². The number of ether oxygens (including phenoxy) is 1. The minimum atomic E-state index is -3.81. The average Bonchev–Trinajstić information content (AvgIpc) is 3.04. The van der Waals surface area contributed by atoms with Gasteiger partial charge >= 0.3 is 5.97 Å². The fourth-order valence-corrected chi connectivity index (χ4v) is 2.96. The molecule has 128 valence electrons. The predicted molar refractivity (Wildman–Crippen MR) is 77.4 cm³/mol. The van der Waals surface area contributed by atoms with Crippen molar-refractivity contribution in [2.75, 3.05) is 20.3 Å². The van der Waals surface area contributed by atoms with Crippen LogP contribution in [0.25, 0.3) is 0 Å². The van der Waals surface area contributed by atoms with Crippen molar-refractivity contribution in [3.05, 3.63) is 17.9 Å². The summed E-state index contributed by atoms with van der Waals surface area (Å²) in [5, 5.41) is 11.2. The summed E-state index contributed by atoms with van der Waals surface area (Å²) in [7, 11) is -2.60. The highest BCUT2D eigenvalue weighted by molar-refractivity contribution is 7.89. The lowest BCUT2D eigenvalue weighted by atomic mass is 9.93. The van der Waals surface area contributed by atoms with Gasteiger partial charge in [0.15, 0.2) is 5.76 Å². The van der Waals surface area contributed by atoms with Gasteiger partial charge in [-0.25, -0.2) is 17.9 Å². The lowest BCUT2D eigenvalue weighted by Crippen LogP contribution is -2.48. The predicted octanol–water partition coefficient (Wildman–Crippen LogP) is -0.203. The van der Waals surface area contributed by atoms with Crippen molar-refractivity contribution < 1.29 is 32.3 Å². The van der Waals surface area contributed by atoms with Crippen LogP contribution >= 0.6 is 0 Å². The first-order valence-corrected chi connectivity index (χ1v) is 8.48. The van der Waals surface area contributed by atoms with Gasteiger partial charge in [0.25, 0.3) is 15.9 Å². The molecule has 1 fully saturated rings. The first-order chi connectivity index (χ1) is 10.8. The van der Waals surface area contributed by atoms with Crippen molar-refractivity contribution in [2.45, 2.75) is 24.0 Å². The summed E-state index contributed by atoms with van der Waals surface area (Å²) in [6.45, 7) is 0.814. The molecule has 2 heterocycles. The molecule has 2 atom stereocenters. The fraction of sp³-hybridized carbons (Fsp3) is 0.538. The maximum atomic E-state index is 12.1. The summed E-state index contributed by atoms with van der Waals surface area (Å²) >= 11 is 0. The van der Waals surface area contributed by atoms with Crippen LogP contribution in [-0.4, -0.2) is 51.7 Å². The molecular weight excluding hydrogens is 328 g/mol. The molecule has 1 aliphatic rings. The van der Waals surface area contributed by atoms with Crippen LogP contribution in [0, 0.1) is 5.92 Å². The zero-order valence-electron chi connectivity index (χ0n) is 12.4. The molecule has 1 aliphatic heterocycles. The Balaban J connectivity index is 2.11. The van der Waals surface area contributed by atoms with Crippen LogP contribution < -0.4 is 10.0 Å². The molecule has 0 aromatic carbocycles. The van der Waals surface area contributed by atoms with Crippen LogP contribution in [-0.2, 0) is 19.6 Å². The number of rotatable bonds is 6. The standard InChI is InChI=1S/C13H18N2O7S/c1-14-23(19,20)10-5-4-9(22-10)12(16)15-11(13(17)18)8-3-2-6-21-7-8/h4-5,8,11,14H,2-3,6-7H2,1H3,(H,15,16)(H,17,18). The Labute approximate surface area is 133 Å². The molecule has 0 radical (unpaired) electrons. The van der Waals surface area contributed by atoms with Gasteiger partial charge in [-0.3, -0.25) is 4.79 Å². The molecule has 0 aliphatic carbocycles. The second-order valence-corrected chi connectivity index (χ2v) is 6.91. The van der Waals surface area contributed by atoms with Crippen LogP contribution in [0.4, 0.5) is 0 Å². The van der Waals surface area contributed by atoms with E-state index in [1.54, 1.807) is 0 Å². The third-order valence-corrected chi connectivity index (χ3v) is 4.84. The topological polar surface area (TPSA) is 135 Å². The zero-order chi connectivity index (χ0) is 17.0. The number of sulfonamides is 1. The van der Waals surface area contributed by atoms with Crippen molar-refractivity contribution in [3.63, 3.8) is 0 Å². The van der Waals surface area contributed by atoms with Gasteiger partial charge in [0.05, 0.1) is 6.61 Å². The number of carboxylic acids is 1. The molecular formula is C13H18N2O7S. The number of amides is 1. The molecule has 2 rings (SSSR count). The number of aliphatic carboxylic acids is 1. The molecule has 1 saturated heterocycles. The minimum Gasteiger partial charge on any atom is -0.480 e. The summed E-state index contributed by atoms with van der Waals surface area (Å²) in [4.78, 5) is 23.5. The van der Waals surface area contributed by atoms with E-state index in [2.05, 4.69) is 10.0 Å². The highest BCUT2D eigenvalue weighted by atomic mass is 32.2. The Bertz CT molecular complexity index is 676. The van der Waals surface area contributed by atoms with Crippen LogP contribution in [0.5, 0.6) is 0 Å². The maximum Gasteiger partial charge on any atom is 0.326 e. The lowest BCUT2D eigenvalue weighted by molar-refractivity contribution is -0.142. The second kappa shape index (κ2) is 7.11. The molecule has 0 bridgehead atoms. The van der Waals surface area contributed by atoms with E-state index >= 15 is 0 Å². The van der Waals surface area contributed by atoms with Gasteiger partial charge in [0.2, 0.25) is 5.09 Å². The van der Waals surface area contributed by atoms with Crippen LogP contribution in [0.15, 0.2) is 21.6 Å². The van der Waals surface area contributed by atoms with E-state index in [4.69, 9.17) is 9.15 Å². The highest BCUT2D eigenvalue weighted by Crippen LogP contribution is 2.19. The quantitative estimate of drug-likeness (QED) is 0.649. The molecule has 1 aromatic rings. The monoisotopic (exact) mass is 346 g/mol. The smallest absolute Gasteiger partial charge is 0.326 e. The van der Waals surface area contributed by atoms with E-state index < -0.39 is 33.0 Å². The number of furan rings is 1. The number of hydrogen-bond acceptors (Lipinski definition) is 6. The van der Waals surface area contributed by atoms with Crippen LogP contribution in [0.2, 0.25) is 0 Å². The van der Waals surface area contributed by atoms with Crippen molar-refractivity contribution in [2.24, 2.45) is 5.92 Å². The Morgan fingerprint density at radius 2 is 2.13 bits per heavy atom. The minimum absolute atomic E-state index is 0.245. The SMILES string of the molecule is CNS(=O)(=O)c1ccc(C(=O)NC(C(=O)O)C2CCCOC2)o1. The summed E-state index contributed by atoms with van der Waals surface area (Å²) in [6.07, 6.45) is 1.34. The molecule has 2 unspecified atom stereocenters. The van der Waals surface area contributed by atoms with E-state index in [-0.39, 0.29) is 18.3 Å². The van der Waals surface area contributed by atoms with Gasteiger partial charge in [-0.2, -0.15) is 0 Å². The summed E-state index contributed by atoms with van der Waals surface area (Å²) in [6, 6.07) is 1.17. The highest BCUT2D eigenvalue weighted by Gasteiger charge is 2.32. The molecule has 23 heavy (non-hydrogen) atoms. The second-order valence-electron chi connectivity index (χ2n) is 5.09. The van der Waals surface area contributed by atoms with Gasteiger partial charge in [-0.15, -0.1) is 0 Å². The Kier molecular flexibility index (Phi) is 5.39. The van der Waals surface area contributed by atoms with Gasteiger partial charge < -0.3 is 19.6 Å². The van der Waals surface area contributed by atoms with E-state index in [9.17, 15) is 23.1 Å². The molecule has 9 nitrogen and oxygen atoms in total.